The van der Waals surface area contributed by atoms with Crippen molar-refractivity contribution in [2.45, 2.75) is 19.3 Å². The molecule has 3 aromatic rings. The molecule has 1 unspecified atom stereocenters. The Morgan fingerprint density at radius 3 is 1.96 bits per heavy atom. The molecule has 1 atom stereocenters. The summed E-state index contributed by atoms with van der Waals surface area (Å²) in [4.78, 5) is 4.44. The zero-order chi connectivity index (χ0) is 16.9. The zero-order valence-electron chi connectivity index (χ0n) is 13.8. The number of hydrogen-bond donors (Lipinski definition) is 0. The molecule has 0 radical (unpaired) electrons. The van der Waals surface area contributed by atoms with Gasteiger partial charge in [0, 0.05) is 6.07 Å². The van der Waals surface area contributed by atoms with E-state index in [9.17, 15) is 0 Å². The quantitative estimate of drug-likeness (QED) is 0.604. The van der Waals surface area contributed by atoms with Crippen LogP contribution < -0.4 is 9.47 Å². The second-order valence-electron chi connectivity index (χ2n) is 5.93. The number of benzene rings is 2. The molecule has 0 spiro atoms. The number of pyridine rings is 1. The molecule has 1 aliphatic rings. The Kier molecular flexibility index (Phi) is 4.61. The largest absolute Gasteiger partial charge is 0.485 e. The summed E-state index contributed by atoms with van der Waals surface area (Å²) in [6.07, 6.45) is 1.81. The molecule has 4 heteroatoms. The van der Waals surface area contributed by atoms with Crippen molar-refractivity contribution in [3.8, 4) is 11.5 Å². The minimum Gasteiger partial charge on any atom is -0.485 e. The van der Waals surface area contributed by atoms with E-state index >= 15 is 0 Å². The SMILES string of the molecule is c1ccc(COc2cnc(C3CO3)cc2OCc2ccccc2)cc1. The molecule has 25 heavy (non-hydrogen) atoms. The van der Waals surface area contributed by atoms with E-state index in [4.69, 9.17) is 14.2 Å². The molecule has 0 N–H and O–H groups in total. The van der Waals surface area contributed by atoms with Gasteiger partial charge in [-0.1, -0.05) is 60.7 Å². The standard InChI is InChI=1S/C21H19NO3/c1-3-7-16(8-4-1)13-23-19-11-18(21-15-25-21)22-12-20(19)24-14-17-9-5-2-6-10-17/h1-12,21H,13-15H2. The number of rotatable bonds is 7. The molecule has 1 fully saturated rings. The van der Waals surface area contributed by atoms with Crippen molar-refractivity contribution in [1.82, 2.24) is 4.98 Å². The first-order chi connectivity index (χ1) is 12.4. The van der Waals surface area contributed by atoms with Gasteiger partial charge in [-0.25, -0.2) is 0 Å². The summed E-state index contributed by atoms with van der Waals surface area (Å²) < 4.78 is 17.3. The van der Waals surface area contributed by atoms with Gasteiger partial charge in [0.25, 0.3) is 0 Å². The zero-order valence-corrected chi connectivity index (χ0v) is 13.8. The number of epoxide rings is 1. The first-order valence-electron chi connectivity index (χ1n) is 8.33. The molecule has 0 aliphatic carbocycles. The Labute approximate surface area is 147 Å². The lowest BCUT2D eigenvalue weighted by Gasteiger charge is -2.13. The Hall–Kier alpha value is -2.85. The molecule has 4 nitrogen and oxygen atoms in total. The van der Waals surface area contributed by atoms with Crippen LogP contribution in [-0.2, 0) is 18.0 Å². The van der Waals surface area contributed by atoms with Crippen LogP contribution in [0.4, 0.5) is 0 Å². The molecule has 0 bridgehead atoms. The van der Waals surface area contributed by atoms with Crippen LogP contribution in [0, 0.1) is 0 Å². The summed E-state index contributed by atoms with van der Waals surface area (Å²) >= 11 is 0. The van der Waals surface area contributed by atoms with Crippen LogP contribution in [0.3, 0.4) is 0 Å². The van der Waals surface area contributed by atoms with Crippen LogP contribution >= 0.6 is 0 Å². The van der Waals surface area contributed by atoms with Gasteiger partial charge < -0.3 is 14.2 Å². The highest BCUT2D eigenvalue weighted by Crippen LogP contribution is 2.35. The van der Waals surface area contributed by atoms with Crippen LogP contribution in [0.5, 0.6) is 11.5 Å². The fourth-order valence-electron chi connectivity index (χ4n) is 2.53. The predicted molar refractivity (Wildman–Crippen MR) is 94.5 cm³/mol. The summed E-state index contributed by atoms with van der Waals surface area (Å²) in [5, 5.41) is 0. The normalized spacial score (nSPS) is 15.6. The Morgan fingerprint density at radius 1 is 0.840 bits per heavy atom. The third kappa shape index (κ3) is 4.17. The lowest BCUT2D eigenvalue weighted by Crippen LogP contribution is -2.02. The third-order valence-corrected chi connectivity index (χ3v) is 3.99. The van der Waals surface area contributed by atoms with Crippen molar-refractivity contribution < 1.29 is 14.2 Å². The Balaban J connectivity index is 1.50. The van der Waals surface area contributed by atoms with Gasteiger partial charge in [-0.15, -0.1) is 0 Å². The number of hydrogen-bond acceptors (Lipinski definition) is 4. The lowest BCUT2D eigenvalue weighted by atomic mass is 10.2. The first kappa shape index (κ1) is 15.7. The minimum absolute atomic E-state index is 0.0854. The fourth-order valence-corrected chi connectivity index (χ4v) is 2.53. The molecule has 126 valence electrons. The van der Waals surface area contributed by atoms with Crippen LogP contribution in [0.2, 0.25) is 0 Å². The summed E-state index contributed by atoms with van der Waals surface area (Å²) in [6.45, 7) is 1.68. The molecule has 1 aliphatic heterocycles. The summed E-state index contributed by atoms with van der Waals surface area (Å²) in [7, 11) is 0. The van der Waals surface area contributed by atoms with Gasteiger partial charge in [0.05, 0.1) is 18.5 Å². The van der Waals surface area contributed by atoms with E-state index in [1.54, 1.807) is 6.20 Å². The third-order valence-electron chi connectivity index (χ3n) is 3.99. The van der Waals surface area contributed by atoms with Crippen LogP contribution in [0.1, 0.15) is 22.9 Å². The molecule has 0 saturated carbocycles. The maximum Gasteiger partial charge on any atom is 0.179 e. The molecule has 1 aromatic heterocycles. The number of nitrogens with zero attached hydrogens (tertiary/aromatic N) is 1. The van der Waals surface area contributed by atoms with E-state index < -0.39 is 0 Å². The van der Waals surface area contributed by atoms with Gasteiger partial charge in [-0.3, -0.25) is 4.98 Å². The molecule has 2 heterocycles. The molecule has 1 saturated heterocycles. The summed E-state index contributed by atoms with van der Waals surface area (Å²) in [5.74, 6) is 1.34. The monoisotopic (exact) mass is 333 g/mol. The van der Waals surface area contributed by atoms with Crippen LogP contribution in [0.15, 0.2) is 72.9 Å². The van der Waals surface area contributed by atoms with Crippen molar-refractivity contribution in [3.63, 3.8) is 0 Å². The molecule has 2 aromatic carbocycles. The van der Waals surface area contributed by atoms with Crippen molar-refractivity contribution >= 4 is 0 Å². The highest BCUT2D eigenvalue weighted by Gasteiger charge is 2.27. The smallest absolute Gasteiger partial charge is 0.179 e. The molecule has 4 rings (SSSR count). The fraction of sp³-hybridized carbons (Fsp3) is 0.190. The van der Waals surface area contributed by atoms with Gasteiger partial charge in [0.1, 0.15) is 19.3 Å². The highest BCUT2D eigenvalue weighted by atomic mass is 16.6. The van der Waals surface area contributed by atoms with Gasteiger partial charge in [-0.2, -0.15) is 0 Å². The number of ether oxygens (including phenoxy) is 3. The molecular weight excluding hydrogens is 314 g/mol. The Bertz CT molecular complexity index is 817. The molecular formula is C21H19NO3. The van der Waals surface area contributed by atoms with E-state index in [-0.39, 0.29) is 6.10 Å². The van der Waals surface area contributed by atoms with Crippen LogP contribution in [-0.4, -0.2) is 11.6 Å². The second kappa shape index (κ2) is 7.36. The van der Waals surface area contributed by atoms with E-state index in [0.717, 1.165) is 23.4 Å². The maximum atomic E-state index is 6.01. The van der Waals surface area contributed by atoms with E-state index in [2.05, 4.69) is 4.98 Å². The van der Waals surface area contributed by atoms with Crippen molar-refractivity contribution in [2.75, 3.05) is 6.61 Å². The van der Waals surface area contributed by atoms with E-state index in [1.807, 2.05) is 66.7 Å². The number of aromatic nitrogens is 1. The van der Waals surface area contributed by atoms with E-state index in [1.165, 1.54) is 0 Å². The lowest BCUT2D eigenvalue weighted by molar-refractivity contribution is 0.254. The predicted octanol–water partition coefficient (Wildman–Crippen LogP) is 4.31. The van der Waals surface area contributed by atoms with Crippen molar-refractivity contribution in [2.24, 2.45) is 0 Å². The van der Waals surface area contributed by atoms with Gasteiger partial charge in [-0.05, 0) is 11.1 Å². The van der Waals surface area contributed by atoms with Gasteiger partial charge >= 0.3 is 0 Å². The van der Waals surface area contributed by atoms with Gasteiger partial charge in [0.2, 0.25) is 0 Å². The maximum absolute atomic E-state index is 6.01. The van der Waals surface area contributed by atoms with Crippen molar-refractivity contribution in [3.05, 3.63) is 89.7 Å². The molecule has 0 amide bonds. The minimum atomic E-state index is 0.0854. The highest BCUT2D eigenvalue weighted by molar-refractivity contribution is 5.40. The topological polar surface area (TPSA) is 43.9 Å². The first-order valence-corrected chi connectivity index (χ1v) is 8.33. The van der Waals surface area contributed by atoms with E-state index in [0.29, 0.717) is 24.7 Å². The second-order valence-corrected chi connectivity index (χ2v) is 5.93. The van der Waals surface area contributed by atoms with Gasteiger partial charge in [0.15, 0.2) is 11.5 Å². The average molecular weight is 333 g/mol. The summed E-state index contributed by atoms with van der Waals surface area (Å²) in [5.41, 5.74) is 3.10. The average Bonchev–Trinajstić information content (AvgIpc) is 3.52. The van der Waals surface area contributed by atoms with Crippen LogP contribution in [0.25, 0.3) is 0 Å². The summed E-state index contributed by atoms with van der Waals surface area (Å²) in [6, 6.07) is 22.0. The van der Waals surface area contributed by atoms with Crippen molar-refractivity contribution in [1.29, 1.82) is 0 Å². The Morgan fingerprint density at radius 2 is 1.40 bits per heavy atom.